The Kier molecular flexibility index (Phi) is 9.41. The number of carbonyl (C=O) groups is 1. The molecule has 1 unspecified atom stereocenters. The Labute approximate surface area is 174 Å². The minimum absolute atomic E-state index is 0. The number of guanidine groups is 1. The maximum Gasteiger partial charge on any atom is 0.220 e. The number of likely N-dealkylation sites (tertiary alicyclic amines) is 1. The van der Waals surface area contributed by atoms with Gasteiger partial charge in [0.2, 0.25) is 5.91 Å². The predicted octanol–water partition coefficient (Wildman–Crippen LogP) is 1.04. The molecule has 1 atom stereocenters. The molecule has 2 heterocycles. The van der Waals surface area contributed by atoms with Gasteiger partial charge in [-0.1, -0.05) is 0 Å². The summed E-state index contributed by atoms with van der Waals surface area (Å²) in [6.45, 7) is 9.57. The van der Waals surface area contributed by atoms with Crippen molar-refractivity contribution < 1.29 is 9.53 Å². The lowest BCUT2D eigenvalue weighted by Crippen LogP contribution is -2.46. The van der Waals surface area contributed by atoms with Gasteiger partial charge in [0.05, 0.1) is 13.2 Å². The Morgan fingerprint density at radius 1 is 1.19 bits per heavy atom. The number of nitrogens with one attached hydrogen (secondary N) is 2. The van der Waals surface area contributed by atoms with Crippen molar-refractivity contribution in [1.29, 1.82) is 0 Å². The van der Waals surface area contributed by atoms with E-state index in [0.29, 0.717) is 25.0 Å². The van der Waals surface area contributed by atoms with Crippen molar-refractivity contribution in [3.8, 4) is 0 Å². The fourth-order valence-corrected chi connectivity index (χ4v) is 3.55. The van der Waals surface area contributed by atoms with Crippen LogP contribution in [-0.4, -0.2) is 86.2 Å². The molecule has 1 aliphatic carbocycles. The van der Waals surface area contributed by atoms with Crippen LogP contribution in [0.25, 0.3) is 0 Å². The van der Waals surface area contributed by atoms with E-state index in [9.17, 15) is 4.79 Å². The quantitative estimate of drug-likeness (QED) is 0.247. The number of halogens is 1. The molecule has 0 aromatic rings. The first-order chi connectivity index (χ1) is 12.3. The van der Waals surface area contributed by atoms with Crippen LogP contribution in [0.2, 0.25) is 0 Å². The minimum Gasteiger partial charge on any atom is -0.379 e. The van der Waals surface area contributed by atoms with Crippen molar-refractivity contribution in [3.63, 3.8) is 0 Å². The predicted molar refractivity (Wildman–Crippen MR) is 114 cm³/mol. The molecule has 3 aliphatic rings. The molecule has 0 radical (unpaired) electrons. The van der Waals surface area contributed by atoms with Gasteiger partial charge in [0.25, 0.3) is 0 Å². The fraction of sp³-hybridized carbons (Fsp3) is 0.889. The van der Waals surface area contributed by atoms with Crippen LogP contribution in [0.4, 0.5) is 0 Å². The van der Waals surface area contributed by atoms with Crippen molar-refractivity contribution in [1.82, 2.24) is 20.4 Å². The molecular formula is C18H34IN5O2. The van der Waals surface area contributed by atoms with Gasteiger partial charge in [0.1, 0.15) is 0 Å². The number of ether oxygens (including phenoxy) is 1. The number of carbonyl (C=O) groups excluding carboxylic acids is 1. The van der Waals surface area contributed by atoms with Crippen LogP contribution < -0.4 is 10.6 Å². The number of morpholine rings is 1. The lowest BCUT2D eigenvalue weighted by atomic mass is 10.2. The second-order valence-electron chi connectivity index (χ2n) is 7.22. The van der Waals surface area contributed by atoms with Gasteiger partial charge in [-0.2, -0.15) is 0 Å². The summed E-state index contributed by atoms with van der Waals surface area (Å²) in [5.41, 5.74) is 0. The van der Waals surface area contributed by atoms with Gasteiger partial charge in [-0.25, -0.2) is 0 Å². The van der Waals surface area contributed by atoms with Gasteiger partial charge in [-0.15, -0.1) is 24.0 Å². The number of amides is 1. The maximum absolute atomic E-state index is 11.7. The molecule has 150 valence electrons. The van der Waals surface area contributed by atoms with Crippen molar-refractivity contribution in [3.05, 3.63) is 0 Å². The topological polar surface area (TPSA) is 69.2 Å². The summed E-state index contributed by atoms with van der Waals surface area (Å²) in [4.78, 5) is 21.4. The number of aliphatic imine (C=N–C) groups is 1. The standard InChI is InChI=1S/C18H33N5O2.HI/c1-2-19-18(20-8-3-4-17(24)21-15-5-6-15)23-9-7-16(14-23)22-10-12-25-13-11-22;/h15-16H,2-14H2,1H3,(H,19,20)(H,21,24);1H. The molecular weight excluding hydrogens is 445 g/mol. The highest BCUT2D eigenvalue weighted by atomic mass is 127. The highest BCUT2D eigenvalue weighted by Gasteiger charge is 2.30. The van der Waals surface area contributed by atoms with E-state index in [-0.39, 0.29) is 29.9 Å². The first kappa shape index (κ1) is 21.7. The number of nitrogens with zero attached hydrogens (tertiary/aromatic N) is 3. The average molecular weight is 479 g/mol. The average Bonchev–Trinajstić information content (AvgIpc) is 3.30. The normalized spacial score (nSPS) is 24.3. The second-order valence-corrected chi connectivity index (χ2v) is 7.22. The van der Waals surface area contributed by atoms with Gasteiger partial charge in [-0.05, 0) is 32.6 Å². The van der Waals surface area contributed by atoms with Crippen molar-refractivity contribution in [2.75, 3.05) is 52.5 Å². The number of hydrogen-bond acceptors (Lipinski definition) is 4. The molecule has 0 aromatic heterocycles. The maximum atomic E-state index is 11.7. The smallest absolute Gasteiger partial charge is 0.220 e. The largest absolute Gasteiger partial charge is 0.379 e. The highest BCUT2D eigenvalue weighted by molar-refractivity contribution is 14.0. The van der Waals surface area contributed by atoms with Crippen LogP contribution in [0.5, 0.6) is 0 Å². The summed E-state index contributed by atoms with van der Waals surface area (Å²) in [6.07, 6.45) is 4.87. The van der Waals surface area contributed by atoms with E-state index in [1.54, 1.807) is 0 Å². The first-order valence-corrected chi connectivity index (χ1v) is 9.90. The van der Waals surface area contributed by atoms with Gasteiger partial charge in [-0.3, -0.25) is 14.7 Å². The molecule has 0 bridgehead atoms. The van der Waals surface area contributed by atoms with Crippen molar-refractivity contribution >= 4 is 35.8 Å². The summed E-state index contributed by atoms with van der Waals surface area (Å²) in [6, 6.07) is 1.06. The Morgan fingerprint density at radius 3 is 2.65 bits per heavy atom. The zero-order chi connectivity index (χ0) is 17.5. The lowest BCUT2D eigenvalue weighted by Gasteiger charge is -2.32. The van der Waals surface area contributed by atoms with Gasteiger partial charge >= 0.3 is 0 Å². The Hall–Kier alpha value is -0.610. The third-order valence-electron chi connectivity index (χ3n) is 5.13. The van der Waals surface area contributed by atoms with Crippen LogP contribution in [0.3, 0.4) is 0 Å². The molecule has 0 spiro atoms. The molecule has 1 amide bonds. The molecule has 26 heavy (non-hydrogen) atoms. The zero-order valence-corrected chi connectivity index (χ0v) is 18.2. The first-order valence-electron chi connectivity index (χ1n) is 9.90. The molecule has 3 fully saturated rings. The van der Waals surface area contributed by atoms with E-state index < -0.39 is 0 Å². The monoisotopic (exact) mass is 479 g/mol. The van der Waals surface area contributed by atoms with Crippen LogP contribution in [0.1, 0.15) is 39.0 Å². The molecule has 7 nitrogen and oxygen atoms in total. The molecule has 3 rings (SSSR count). The fourth-order valence-electron chi connectivity index (χ4n) is 3.55. The van der Waals surface area contributed by atoms with Crippen LogP contribution in [-0.2, 0) is 9.53 Å². The minimum atomic E-state index is 0. The number of hydrogen-bond donors (Lipinski definition) is 2. The van der Waals surface area contributed by atoms with E-state index >= 15 is 0 Å². The summed E-state index contributed by atoms with van der Waals surface area (Å²) in [5, 5.41) is 6.45. The van der Waals surface area contributed by atoms with Gasteiger partial charge in [0.15, 0.2) is 5.96 Å². The summed E-state index contributed by atoms with van der Waals surface area (Å²) < 4.78 is 5.46. The highest BCUT2D eigenvalue weighted by Crippen LogP contribution is 2.19. The molecule has 2 N–H and O–H groups in total. The number of rotatable bonds is 7. The lowest BCUT2D eigenvalue weighted by molar-refractivity contribution is -0.121. The third-order valence-corrected chi connectivity index (χ3v) is 5.13. The zero-order valence-electron chi connectivity index (χ0n) is 15.9. The third kappa shape index (κ3) is 6.84. The van der Waals surface area contributed by atoms with E-state index in [2.05, 4.69) is 27.4 Å². The Bertz CT molecular complexity index is 466. The van der Waals surface area contributed by atoms with Crippen molar-refractivity contribution in [2.24, 2.45) is 4.99 Å². The Morgan fingerprint density at radius 2 is 1.96 bits per heavy atom. The summed E-state index contributed by atoms with van der Waals surface area (Å²) in [7, 11) is 0. The van der Waals surface area contributed by atoms with Crippen LogP contribution in [0.15, 0.2) is 4.99 Å². The summed E-state index contributed by atoms with van der Waals surface area (Å²) in [5.74, 6) is 1.18. The van der Waals surface area contributed by atoms with E-state index in [1.807, 2.05) is 0 Å². The molecule has 0 aromatic carbocycles. The van der Waals surface area contributed by atoms with Gasteiger partial charge in [0, 0.05) is 57.8 Å². The summed E-state index contributed by atoms with van der Waals surface area (Å²) >= 11 is 0. The SMILES string of the molecule is CCNC(=NCCCC(=O)NC1CC1)N1CCC(N2CCOCC2)C1.I. The molecule has 2 aliphatic heterocycles. The molecule has 8 heteroatoms. The second kappa shape index (κ2) is 11.3. The molecule has 1 saturated carbocycles. The van der Waals surface area contributed by atoms with Gasteiger partial charge < -0.3 is 20.3 Å². The van der Waals surface area contributed by atoms with Crippen LogP contribution in [0, 0.1) is 0 Å². The van der Waals surface area contributed by atoms with E-state index in [4.69, 9.17) is 9.73 Å². The Balaban J connectivity index is 0.00000243. The molecule has 2 saturated heterocycles. The van der Waals surface area contributed by atoms with E-state index in [0.717, 1.165) is 71.2 Å². The van der Waals surface area contributed by atoms with Crippen molar-refractivity contribution in [2.45, 2.75) is 51.1 Å². The van der Waals surface area contributed by atoms with E-state index in [1.165, 1.54) is 6.42 Å². The van der Waals surface area contributed by atoms with Crippen LogP contribution >= 0.6 is 24.0 Å².